The summed E-state index contributed by atoms with van der Waals surface area (Å²) in [5.74, 6) is 0. The van der Waals surface area contributed by atoms with Crippen LogP contribution in [0, 0.1) is 12.3 Å². The van der Waals surface area contributed by atoms with E-state index in [2.05, 4.69) is 58.1 Å². The molecule has 5 heteroatoms. The molecule has 2 aliphatic rings. The minimum atomic E-state index is 0.121. The molecule has 3 aromatic rings. The summed E-state index contributed by atoms with van der Waals surface area (Å²) in [5.41, 5.74) is 14.5. The Labute approximate surface area is 182 Å². The van der Waals surface area contributed by atoms with Gasteiger partial charge in [-0.2, -0.15) is 5.10 Å². The van der Waals surface area contributed by atoms with Crippen molar-refractivity contribution >= 4 is 22.9 Å². The summed E-state index contributed by atoms with van der Waals surface area (Å²) in [7, 11) is 0. The fourth-order valence-electron chi connectivity index (χ4n) is 5.28. The second kappa shape index (κ2) is 7.29. The molecule has 0 unspecified atom stereocenters. The second-order valence-corrected chi connectivity index (χ2v) is 9.11. The number of hydrogen-bond acceptors (Lipinski definition) is 3. The predicted octanol–water partition coefficient (Wildman–Crippen LogP) is 5.28. The van der Waals surface area contributed by atoms with E-state index >= 15 is 0 Å². The highest BCUT2D eigenvalue weighted by Crippen LogP contribution is 2.51. The predicted molar refractivity (Wildman–Crippen MR) is 124 cm³/mol. The molecule has 0 amide bonds. The van der Waals surface area contributed by atoms with E-state index in [9.17, 15) is 0 Å². The zero-order valence-corrected chi connectivity index (χ0v) is 18.0. The maximum atomic E-state index is 6.79. The average molecular weight is 419 g/mol. The van der Waals surface area contributed by atoms with E-state index in [0.717, 1.165) is 65.5 Å². The van der Waals surface area contributed by atoms with Gasteiger partial charge in [0, 0.05) is 42.2 Å². The summed E-state index contributed by atoms with van der Waals surface area (Å²) < 4.78 is 0. The maximum Gasteiger partial charge on any atom is 0.0921 e. The van der Waals surface area contributed by atoms with Gasteiger partial charge in [-0.15, -0.1) is 0 Å². The van der Waals surface area contributed by atoms with Gasteiger partial charge in [0.15, 0.2) is 0 Å². The molecular formula is C25H27ClN4. The van der Waals surface area contributed by atoms with E-state index < -0.39 is 0 Å². The Morgan fingerprint density at radius 1 is 1.20 bits per heavy atom. The number of aromatic amines is 1. The van der Waals surface area contributed by atoms with Gasteiger partial charge >= 0.3 is 0 Å². The van der Waals surface area contributed by atoms with Crippen molar-refractivity contribution in [2.24, 2.45) is 11.1 Å². The molecule has 1 spiro atoms. The number of nitrogens with two attached hydrogens (primary N) is 1. The fraction of sp³-hybridized carbons (Fsp3) is 0.320. The monoisotopic (exact) mass is 418 g/mol. The molecule has 1 atom stereocenters. The molecule has 4 nitrogen and oxygen atoms in total. The Kier molecular flexibility index (Phi) is 4.72. The number of halogens is 1. The van der Waals surface area contributed by atoms with Gasteiger partial charge in [-0.3, -0.25) is 5.10 Å². The quantitative estimate of drug-likeness (QED) is 0.608. The molecule has 3 N–H and O–H groups in total. The summed E-state index contributed by atoms with van der Waals surface area (Å²) in [5, 5.41) is 7.96. The molecule has 1 fully saturated rings. The van der Waals surface area contributed by atoms with Crippen LogP contribution >= 0.6 is 11.6 Å². The Morgan fingerprint density at radius 3 is 2.67 bits per heavy atom. The van der Waals surface area contributed by atoms with Crippen molar-refractivity contribution in [2.75, 3.05) is 18.0 Å². The fourth-order valence-corrected chi connectivity index (χ4v) is 5.55. The first-order valence-electron chi connectivity index (χ1n) is 10.6. The van der Waals surface area contributed by atoms with Gasteiger partial charge < -0.3 is 10.6 Å². The van der Waals surface area contributed by atoms with Crippen LogP contribution in [0.4, 0.5) is 5.69 Å². The summed E-state index contributed by atoms with van der Waals surface area (Å²) in [6.45, 7) is 8.28. The van der Waals surface area contributed by atoms with Crippen molar-refractivity contribution in [1.29, 1.82) is 0 Å². The zero-order chi connectivity index (χ0) is 20.9. The molecule has 0 radical (unpaired) electrons. The normalized spacial score (nSPS) is 19.8. The number of aryl methyl sites for hydroxylation is 1. The smallest absolute Gasteiger partial charge is 0.0921 e. The lowest BCUT2D eigenvalue weighted by molar-refractivity contribution is 0.187. The molecule has 2 aromatic carbocycles. The Bertz CT molecular complexity index is 1090. The van der Waals surface area contributed by atoms with Gasteiger partial charge in [0.05, 0.1) is 10.7 Å². The lowest BCUT2D eigenvalue weighted by Gasteiger charge is -2.43. The van der Waals surface area contributed by atoms with Crippen molar-refractivity contribution in [3.05, 3.63) is 88.2 Å². The first-order valence-corrected chi connectivity index (χ1v) is 10.9. The second-order valence-electron chi connectivity index (χ2n) is 8.73. The van der Waals surface area contributed by atoms with Gasteiger partial charge in [0.1, 0.15) is 0 Å². The number of aromatic nitrogens is 2. The van der Waals surface area contributed by atoms with Crippen LogP contribution in [-0.4, -0.2) is 23.3 Å². The molecule has 1 aromatic heterocycles. The van der Waals surface area contributed by atoms with Crippen molar-refractivity contribution in [3.8, 4) is 0 Å². The van der Waals surface area contributed by atoms with Crippen molar-refractivity contribution in [1.82, 2.24) is 10.2 Å². The number of benzene rings is 2. The molecule has 5 rings (SSSR count). The molecule has 1 aliphatic heterocycles. The van der Waals surface area contributed by atoms with Crippen LogP contribution in [0.15, 0.2) is 55.2 Å². The van der Waals surface area contributed by atoms with Crippen LogP contribution in [0.2, 0.25) is 5.02 Å². The topological polar surface area (TPSA) is 57.9 Å². The summed E-state index contributed by atoms with van der Waals surface area (Å²) in [4.78, 5) is 2.44. The van der Waals surface area contributed by atoms with Gasteiger partial charge in [0.25, 0.3) is 0 Å². The summed E-state index contributed by atoms with van der Waals surface area (Å²) >= 11 is 6.79. The minimum Gasteiger partial charge on any atom is -0.371 e. The SMILES string of the molecule is C=C(c1cc[nH]n1)c1c(N2CCC3(CC2)Cc2ccccc2[C@H]3N)ccc(C)c1Cl. The van der Waals surface area contributed by atoms with Crippen LogP contribution in [-0.2, 0) is 6.42 Å². The zero-order valence-electron chi connectivity index (χ0n) is 17.3. The van der Waals surface area contributed by atoms with Crippen molar-refractivity contribution < 1.29 is 0 Å². The molecule has 30 heavy (non-hydrogen) atoms. The molecule has 2 heterocycles. The van der Waals surface area contributed by atoms with Crippen LogP contribution in [0.5, 0.6) is 0 Å². The Morgan fingerprint density at radius 2 is 1.97 bits per heavy atom. The third-order valence-corrected chi connectivity index (χ3v) is 7.60. The highest BCUT2D eigenvalue weighted by molar-refractivity contribution is 6.34. The van der Waals surface area contributed by atoms with Gasteiger partial charge in [0.2, 0.25) is 0 Å². The number of nitrogens with one attached hydrogen (secondary N) is 1. The Balaban J connectivity index is 1.44. The molecule has 154 valence electrons. The molecule has 1 aliphatic carbocycles. The Hall–Kier alpha value is -2.56. The van der Waals surface area contributed by atoms with E-state index in [-0.39, 0.29) is 11.5 Å². The third kappa shape index (κ3) is 2.98. The van der Waals surface area contributed by atoms with E-state index in [1.54, 1.807) is 0 Å². The minimum absolute atomic E-state index is 0.121. The van der Waals surface area contributed by atoms with Gasteiger partial charge in [-0.25, -0.2) is 0 Å². The standard InChI is InChI=1S/C25H27ClN4/c1-16-7-8-21(22(23(16)26)17(2)20-9-12-28-29-20)30-13-10-25(11-14-30)15-18-5-3-4-6-19(18)24(25)27/h3-9,12,24H,2,10-11,13-15,27H2,1H3,(H,28,29)/t24-/m1/s1. The number of fused-ring (bicyclic) bond motifs is 1. The highest BCUT2D eigenvalue weighted by atomic mass is 35.5. The van der Waals surface area contributed by atoms with Crippen LogP contribution in [0.25, 0.3) is 5.57 Å². The van der Waals surface area contributed by atoms with E-state index in [4.69, 9.17) is 17.3 Å². The number of H-pyrrole nitrogens is 1. The largest absolute Gasteiger partial charge is 0.371 e. The van der Waals surface area contributed by atoms with E-state index in [1.165, 1.54) is 11.1 Å². The van der Waals surface area contributed by atoms with E-state index in [0.29, 0.717) is 0 Å². The first-order chi connectivity index (χ1) is 14.5. The molecular weight excluding hydrogens is 392 g/mol. The number of nitrogens with zero attached hydrogens (tertiary/aromatic N) is 2. The highest BCUT2D eigenvalue weighted by Gasteiger charge is 2.46. The maximum absolute atomic E-state index is 6.79. The molecule has 0 bridgehead atoms. The first kappa shape index (κ1) is 19.4. The summed E-state index contributed by atoms with van der Waals surface area (Å²) in [6.07, 6.45) is 5.04. The lowest BCUT2D eigenvalue weighted by atomic mass is 9.73. The van der Waals surface area contributed by atoms with Crippen molar-refractivity contribution in [3.63, 3.8) is 0 Å². The number of piperidine rings is 1. The number of rotatable bonds is 3. The van der Waals surface area contributed by atoms with Crippen molar-refractivity contribution in [2.45, 2.75) is 32.2 Å². The third-order valence-electron chi connectivity index (χ3n) is 7.12. The number of anilines is 1. The molecule has 1 saturated heterocycles. The molecule has 0 saturated carbocycles. The van der Waals surface area contributed by atoms with E-state index in [1.807, 2.05) is 19.2 Å². The summed E-state index contributed by atoms with van der Waals surface area (Å²) in [6, 6.07) is 15.0. The number of hydrogen-bond donors (Lipinski definition) is 2. The van der Waals surface area contributed by atoms with Gasteiger partial charge in [-0.1, -0.05) is 48.5 Å². The average Bonchev–Trinajstić information content (AvgIpc) is 3.38. The van der Waals surface area contributed by atoms with Crippen LogP contribution in [0.1, 0.15) is 46.8 Å². The van der Waals surface area contributed by atoms with Gasteiger partial charge in [-0.05, 0) is 60.4 Å². The lowest BCUT2D eigenvalue weighted by Crippen LogP contribution is -2.44. The van der Waals surface area contributed by atoms with Crippen LogP contribution < -0.4 is 10.6 Å². The van der Waals surface area contributed by atoms with Crippen LogP contribution in [0.3, 0.4) is 0 Å².